The Balaban J connectivity index is 0.000000288. The van der Waals surface area contributed by atoms with Gasteiger partial charge in [-0.25, -0.2) is 0 Å². The third-order valence-corrected chi connectivity index (χ3v) is 2.86. The summed E-state index contributed by atoms with van der Waals surface area (Å²) in [7, 11) is 0. The predicted octanol–water partition coefficient (Wildman–Crippen LogP) is 2.76. The zero-order valence-corrected chi connectivity index (χ0v) is 10.2. The van der Waals surface area contributed by atoms with Crippen molar-refractivity contribution >= 4 is 17.6 Å². The molecule has 1 unspecified atom stereocenters. The standard InChI is InChI=1S/C8H15Cl.C3H7NO2/c9-8-6-4-2-1-3-5-7-8;1-2(4)3(5)6/h8H,1-7H2;2H,4H2,1H3,(H,5,6). The first-order chi connectivity index (χ1) is 7.04. The molecule has 0 saturated heterocycles. The first-order valence-electron chi connectivity index (χ1n) is 5.66. The third-order valence-electron chi connectivity index (χ3n) is 2.42. The predicted molar refractivity (Wildman–Crippen MR) is 63.2 cm³/mol. The molecule has 0 aromatic heterocycles. The van der Waals surface area contributed by atoms with Crippen molar-refractivity contribution in [1.29, 1.82) is 0 Å². The van der Waals surface area contributed by atoms with E-state index in [0.717, 1.165) is 0 Å². The van der Waals surface area contributed by atoms with Crippen LogP contribution in [-0.4, -0.2) is 22.5 Å². The van der Waals surface area contributed by atoms with Crippen molar-refractivity contribution in [2.24, 2.45) is 5.73 Å². The Morgan fingerprint density at radius 3 is 1.93 bits per heavy atom. The minimum atomic E-state index is -0.963. The molecule has 90 valence electrons. The van der Waals surface area contributed by atoms with Crippen molar-refractivity contribution < 1.29 is 9.90 Å². The Morgan fingerprint density at radius 2 is 1.60 bits per heavy atom. The van der Waals surface area contributed by atoms with Crippen LogP contribution in [0.15, 0.2) is 0 Å². The van der Waals surface area contributed by atoms with Gasteiger partial charge in [-0.2, -0.15) is 0 Å². The number of hydrogen-bond donors (Lipinski definition) is 2. The summed E-state index contributed by atoms with van der Waals surface area (Å²) in [5.74, 6) is -0.963. The summed E-state index contributed by atoms with van der Waals surface area (Å²) < 4.78 is 0. The SMILES string of the molecule is CC(N)C(=O)O.ClC1CCCCCCC1. The average molecular weight is 236 g/mol. The molecular formula is C11H22ClNO2. The Bertz CT molecular complexity index is 166. The fourth-order valence-corrected chi connectivity index (χ4v) is 1.71. The van der Waals surface area contributed by atoms with Crippen LogP contribution in [0.5, 0.6) is 0 Å². The fraction of sp³-hybridized carbons (Fsp3) is 0.909. The van der Waals surface area contributed by atoms with Gasteiger partial charge in [0.15, 0.2) is 0 Å². The molecule has 1 fully saturated rings. The van der Waals surface area contributed by atoms with Gasteiger partial charge in [0, 0.05) is 5.38 Å². The topological polar surface area (TPSA) is 63.3 Å². The molecule has 0 heterocycles. The molecule has 1 atom stereocenters. The molecule has 0 aromatic carbocycles. The van der Waals surface area contributed by atoms with E-state index in [4.69, 9.17) is 22.4 Å². The smallest absolute Gasteiger partial charge is 0.320 e. The minimum Gasteiger partial charge on any atom is -0.480 e. The van der Waals surface area contributed by atoms with E-state index in [1.54, 1.807) is 0 Å². The zero-order valence-electron chi connectivity index (χ0n) is 9.42. The molecule has 0 amide bonds. The van der Waals surface area contributed by atoms with Crippen LogP contribution >= 0.6 is 11.6 Å². The number of carbonyl (C=O) groups is 1. The number of aliphatic carboxylic acids is 1. The molecule has 3 nitrogen and oxygen atoms in total. The van der Waals surface area contributed by atoms with Gasteiger partial charge in [0.2, 0.25) is 0 Å². The molecule has 3 N–H and O–H groups in total. The second-order valence-electron chi connectivity index (χ2n) is 4.07. The first-order valence-corrected chi connectivity index (χ1v) is 6.10. The maximum absolute atomic E-state index is 9.57. The van der Waals surface area contributed by atoms with Crippen LogP contribution in [0.4, 0.5) is 0 Å². The number of carboxylic acid groups (broad SMARTS) is 1. The number of nitrogens with two attached hydrogens (primary N) is 1. The maximum atomic E-state index is 9.57. The van der Waals surface area contributed by atoms with Crippen molar-refractivity contribution in [2.75, 3.05) is 0 Å². The molecule has 1 aliphatic rings. The molecule has 0 spiro atoms. The molecule has 0 aromatic rings. The second kappa shape index (κ2) is 8.98. The largest absolute Gasteiger partial charge is 0.480 e. The van der Waals surface area contributed by atoms with Gasteiger partial charge in [-0.1, -0.05) is 32.1 Å². The van der Waals surface area contributed by atoms with Crippen LogP contribution in [-0.2, 0) is 4.79 Å². The van der Waals surface area contributed by atoms with Crippen LogP contribution < -0.4 is 5.73 Å². The maximum Gasteiger partial charge on any atom is 0.320 e. The molecule has 0 aliphatic heterocycles. The van der Waals surface area contributed by atoms with Gasteiger partial charge in [0.1, 0.15) is 6.04 Å². The number of alkyl halides is 1. The highest BCUT2D eigenvalue weighted by molar-refractivity contribution is 6.20. The van der Waals surface area contributed by atoms with Crippen LogP contribution in [0.1, 0.15) is 51.9 Å². The summed E-state index contributed by atoms with van der Waals surface area (Å²) in [6, 6.07) is -0.731. The summed E-state index contributed by atoms with van der Waals surface area (Å²) in [5.41, 5.74) is 4.84. The summed E-state index contributed by atoms with van der Waals surface area (Å²) in [4.78, 5) is 9.57. The Morgan fingerprint density at radius 1 is 1.27 bits per heavy atom. The second-order valence-corrected chi connectivity index (χ2v) is 4.69. The zero-order chi connectivity index (χ0) is 11.7. The summed E-state index contributed by atoms with van der Waals surface area (Å²) >= 11 is 5.99. The Kier molecular flexibility index (Phi) is 8.82. The molecule has 1 rings (SSSR count). The van der Waals surface area contributed by atoms with Crippen LogP contribution in [0.25, 0.3) is 0 Å². The molecular weight excluding hydrogens is 214 g/mol. The number of rotatable bonds is 1. The van der Waals surface area contributed by atoms with E-state index in [2.05, 4.69) is 0 Å². The van der Waals surface area contributed by atoms with Crippen LogP contribution in [0.2, 0.25) is 0 Å². The molecule has 15 heavy (non-hydrogen) atoms. The van der Waals surface area contributed by atoms with Crippen molar-refractivity contribution in [3.05, 3.63) is 0 Å². The lowest BCUT2D eigenvalue weighted by Crippen LogP contribution is -2.25. The highest BCUT2D eigenvalue weighted by Gasteiger charge is 2.06. The van der Waals surface area contributed by atoms with E-state index < -0.39 is 12.0 Å². The van der Waals surface area contributed by atoms with Crippen LogP contribution in [0.3, 0.4) is 0 Å². The fourth-order valence-electron chi connectivity index (χ4n) is 1.41. The Hall–Kier alpha value is -0.280. The van der Waals surface area contributed by atoms with E-state index >= 15 is 0 Å². The summed E-state index contributed by atoms with van der Waals surface area (Å²) in [6.07, 6.45) is 9.46. The van der Waals surface area contributed by atoms with E-state index in [0.29, 0.717) is 5.38 Å². The first kappa shape index (κ1) is 14.7. The quantitative estimate of drug-likeness (QED) is 0.687. The lowest BCUT2D eigenvalue weighted by atomic mass is 10.0. The molecule has 0 radical (unpaired) electrons. The Labute approximate surface area is 97.0 Å². The van der Waals surface area contributed by atoms with Crippen molar-refractivity contribution in [2.45, 2.75) is 63.3 Å². The van der Waals surface area contributed by atoms with E-state index in [1.165, 1.54) is 51.9 Å². The number of halogens is 1. The summed E-state index contributed by atoms with van der Waals surface area (Å²) in [6.45, 7) is 1.42. The molecule has 4 heteroatoms. The highest BCUT2D eigenvalue weighted by atomic mass is 35.5. The average Bonchev–Trinajstić information content (AvgIpc) is 2.12. The van der Waals surface area contributed by atoms with Crippen molar-refractivity contribution in [1.82, 2.24) is 0 Å². The van der Waals surface area contributed by atoms with Gasteiger partial charge in [-0.15, -0.1) is 11.6 Å². The molecule has 1 aliphatic carbocycles. The normalized spacial score (nSPS) is 20.5. The highest BCUT2D eigenvalue weighted by Crippen LogP contribution is 2.20. The van der Waals surface area contributed by atoms with E-state index in [1.807, 2.05) is 0 Å². The van der Waals surface area contributed by atoms with Crippen molar-refractivity contribution in [3.8, 4) is 0 Å². The number of carboxylic acids is 1. The van der Waals surface area contributed by atoms with Gasteiger partial charge >= 0.3 is 5.97 Å². The molecule has 1 saturated carbocycles. The number of hydrogen-bond acceptors (Lipinski definition) is 2. The lowest BCUT2D eigenvalue weighted by molar-refractivity contribution is -0.138. The van der Waals surface area contributed by atoms with Gasteiger partial charge in [0.25, 0.3) is 0 Å². The van der Waals surface area contributed by atoms with E-state index in [-0.39, 0.29) is 0 Å². The lowest BCUT2D eigenvalue weighted by Gasteiger charge is -2.12. The van der Waals surface area contributed by atoms with Gasteiger partial charge < -0.3 is 10.8 Å². The molecule has 0 bridgehead atoms. The van der Waals surface area contributed by atoms with Crippen molar-refractivity contribution in [3.63, 3.8) is 0 Å². The van der Waals surface area contributed by atoms with Gasteiger partial charge in [-0.05, 0) is 19.8 Å². The van der Waals surface area contributed by atoms with Gasteiger partial charge in [-0.3, -0.25) is 4.79 Å². The van der Waals surface area contributed by atoms with Crippen LogP contribution in [0, 0.1) is 0 Å². The van der Waals surface area contributed by atoms with E-state index in [9.17, 15) is 4.79 Å². The van der Waals surface area contributed by atoms with Gasteiger partial charge in [0.05, 0.1) is 0 Å². The summed E-state index contributed by atoms with van der Waals surface area (Å²) in [5, 5.41) is 8.36. The minimum absolute atomic E-state index is 0.491. The third kappa shape index (κ3) is 10.0. The monoisotopic (exact) mass is 235 g/mol.